The Morgan fingerprint density at radius 3 is 2.81 bits per heavy atom. The molecule has 0 aliphatic heterocycles. The summed E-state index contributed by atoms with van der Waals surface area (Å²) in [7, 11) is 1.85. The molecule has 16 heavy (non-hydrogen) atoms. The van der Waals surface area contributed by atoms with E-state index in [4.69, 9.17) is 4.74 Å². The highest BCUT2D eigenvalue weighted by Crippen LogP contribution is 2.19. The topological polar surface area (TPSA) is 27.1 Å². The molecule has 0 N–H and O–H groups in total. The number of rotatable bonds is 3. The zero-order valence-electron chi connectivity index (χ0n) is 9.27. The van der Waals surface area contributed by atoms with Crippen LogP contribution in [0.3, 0.4) is 0 Å². The Morgan fingerprint density at radius 2 is 2.19 bits per heavy atom. The summed E-state index contributed by atoms with van der Waals surface area (Å²) in [6.45, 7) is 2.21. The number of hydrogen-bond donors (Lipinski definition) is 0. The van der Waals surface area contributed by atoms with E-state index in [0.29, 0.717) is 12.4 Å². The molecule has 4 heteroatoms. The number of aromatic nitrogens is 2. The largest absolute Gasteiger partial charge is 0.487 e. The lowest BCUT2D eigenvalue weighted by atomic mass is 10.2. The van der Waals surface area contributed by atoms with Crippen LogP contribution in [-0.2, 0) is 13.7 Å². The summed E-state index contributed by atoms with van der Waals surface area (Å²) in [6.07, 6.45) is 1.86. The van der Waals surface area contributed by atoms with Crippen molar-refractivity contribution in [3.8, 4) is 5.75 Å². The standard InChI is InChI=1S/C12H13FN2O/c1-9-7-10(13)3-4-12(9)16-8-11-5-6-15(2)14-11/h3-7H,8H2,1-2H3. The molecule has 1 aromatic heterocycles. The van der Waals surface area contributed by atoms with Crippen LogP contribution in [0.15, 0.2) is 30.5 Å². The Hall–Kier alpha value is -1.84. The van der Waals surface area contributed by atoms with E-state index in [1.165, 1.54) is 12.1 Å². The lowest BCUT2D eigenvalue weighted by molar-refractivity contribution is 0.297. The third-order valence-electron chi connectivity index (χ3n) is 2.28. The van der Waals surface area contributed by atoms with Crippen LogP contribution in [0.25, 0.3) is 0 Å². The Bertz CT molecular complexity index is 494. The predicted octanol–water partition coefficient (Wildman–Crippen LogP) is 2.45. The molecule has 0 aliphatic carbocycles. The van der Waals surface area contributed by atoms with Crippen molar-refractivity contribution in [2.45, 2.75) is 13.5 Å². The van der Waals surface area contributed by atoms with Crippen molar-refractivity contribution in [2.75, 3.05) is 0 Å². The van der Waals surface area contributed by atoms with Gasteiger partial charge in [0.1, 0.15) is 18.2 Å². The summed E-state index contributed by atoms with van der Waals surface area (Å²) < 4.78 is 20.1. The van der Waals surface area contributed by atoms with E-state index < -0.39 is 0 Å². The van der Waals surface area contributed by atoms with Crippen molar-refractivity contribution in [2.24, 2.45) is 7.05 Å². The van der Waals surface area contributed by atoms with Gasteiger partial charge in [-0.15, -0.1) is 0 Å². The lowest BCUT2D eigenvalue weighted by Gasteiger charge is -2.07. The fourth-order valence-corrected chi connectivity index (χ4v) is 1.47. The molecule has 0 radical (unpaired) electrons. The molecular weight excluding hydrogens is 207 g/mol. The molecular formula is C12H13FN2O. The first-order valence-corrected chi connectivity index (χ1v) is 5.02. The van der Waals surface area contributed by atoms with Gasteiger partial charge in [0.2, 0.25) is 0 Å². The fraction of sp³-hybridized carbons (Fsp3) is 0.250. The Labute approximate surface area is 93.5 Å². The summed E-state index contributed by atoms with van der Waals surface area (Å²) in [5.41, 5.74) is 1.64. The average molecular weight is 220 g/mol. The van der Waals surface area contributed by atoms with Gasteiger partial charge in [0.15, 0.2) is 0 Å². The van der Waals surface area contributed by atoms with Gasteiger partial charge in [-0.25, -0.2) is 4.39 Å². The van der Waals surface area contributed by atoms with E-state index >= 15 is 0 Å². The van der Waals surface area contributed by atoms with Gasteiger partial charge in [-0.2, -0.15) is 5.10 Å². The molecule has 1 aromatic carbocycles. The first-order chi connectivity index (χ1) is 7.65. The summed E-state index contributed by atoms with van der Waals surface area (Å²) in [5, 5.41) is 4.19. The van der Waals surface area contributed by atoms with Crippen molar-refractivity contribution in [3.63, 3.8) is 0 Å². The molecule has 0 saturated heterocycles. The van der Waals surface area contributed by atoms with Crippen LogP contribution in [-0.4, -0.2) is 9.78 Å². The van der Waals surface area contributed by atoms with Crippen molar-refractivity contribution in [1.29, 1.82) is 0 Å². The monoisotopic (exact) mass is 220 g/mol. The Kier molecular flexibility index (Phi) is 2.90. The third-order valence-corrected chi connectivity index (χ3v) is 2.28. The second-order valence-electron chi connectivity index (χ2n) is 3.68. The van der Waals surface area contributed by atoms with Gasteiger partial charge in [-0.3, -0.25) is 4.68 Å². The lowest BCUT2D eigenvalue weighted by Crippen LogP contribution is -1.99. The van der Waals surface area contributed by atoms with Crippen LogP contribution in [0.4, 0.5) is 4.39 Å². The average Bonchev–Trinajstić information content (AvgIpc) is 2.63. The van der Waals surface area contributed by atoms with Crippen LogP contribution >= 0.6 is 0 Å². The number of nitrogens with zero attached hydrogens (tertiary/aromatic N) is 2. The number of aryl methyl sites for hydroxylation is 2. The van der Waals surface area contributed by atoms with E-state index in [9.17, 15) is 4.39 Å². The first kappa shape index (κ1) is 10.7. The quantitative estimate of drug-likeness (QED) is 0.794. The highest BCUT2D eigenvalue weighted by molar-refractivity contribution is 5.32. The van der Waals surface area contributed by atoms with Crippen LogP contribution in [0.2, 0.25) is 0 Å². The van der Waals surface area contributed by atoms with Crippen molar-refractivity contribution in [1.82, 2.24) is 9.78 Å². The number of hydrogen-bond acceptors (Lipinski definition) is 2. The van der Waals surface area contributed by atoms with Crippen molar-refractivity contribution >= 4 is 0 Å². The molecule has 84 valence electrons. The van der Waals surface area contributed by atoms with Crippen LogP contribution in [0, 0.1) is 12.7 Å². The van der Waals surface area contributed by atoms with E-state index in [0.717, 1.165) is 11.3 Å². The van der Waals surface area contributed by atoms with E-state index in [1.807, 2.05) is 26.2 Å². The molecule has 0 atom stereocenters. The van der Waals surface area contributed by atoms with Crippen molar-refractivity contribution in [3.05, 3.63) is 47.5 Å². The summed E-state index contributed by atoms with van der Waals surface area (Å²) in [6, 6.07) is 6.36. The van der Waals surface area contributed by atoms with Crippen LogP contribution in [0.5, 0.6) is 5.75 Å². The molecule has 2 rings (SSSR count). The summed E-state index contributed by atoms with van der Waals surface area (Å²) >= 11 is 0. The molecule has 0 amide bonds. The SMILES string of the molecule is Cc1cc(F)ccc1OCc1ccn(C)n1. The molecule has 0 unspecified atom stereocenters. The van der Waals surface area contributed by atoms with E-state index in [-0.39, 0.29) is 5.82 Å². The zero-order valence-corrected chi connectivity index (χ0v) is 9.27. The van der Waals surface area contributed by atoms with Gasteiger partial charge in [-0.05, 0) is 36.8 Å². The van der Waals surface area contributed by atoms with Gasteiger partial charge >= 0.3 is 0 Å². The molecule has 0 aliphatic rings. The summed E-state index contributed by atoms with van der Waals surface area (Å²) in [4.78, 5) is 0. The number of halogens is 1. The minimum Gasteiger partial charge on any atom is -0.487 e. The number of benzene rings is 1. The van der Waals surface area contributed by atoms with Gasteiger partial charge in [-0.1, -0.05) is 0 Å². The minimum absolute atomic E-state index is 0.248. The van der Waals surface area contributed by atoms with Gasteiger partial charge in [0.25, 0.3) is 0 Å². The highest BCUT2D eigenvalue weighted by Gasteiger charge is 2.02. The molecule has 0 fully saturated rings. The second-order valence-corrected chi connectivity index (χ2v) is 3.68. The predicted molar refractivity (Wildman–Crippen MR) is 58.7 cm³/mol. The van der Waals surface area contributed by atoms with E-state index in [1.54, 1.807) is 10.7 Å². The van der Waals surface area contributed by atoms with Gasteiger partial charge in [0.05, 0.1) is 5.69 Å². The maximum Gasteiger partial charge on any atom is 0.132 e. The number of ether oxygens (including phenoxy) is 1. The Morgan fingerprint density at radius 1 is 1.38 bits per heavy atom. The maximum absolute atomic E-state index is 12.8. The van der Waals surface area contributed by atoms with E-state index in [2.05, 4.69) is 5.10 Å². The van der Waals surface area contributed by atoms with Crippen LogP contribution < -0.4 is 4.74 Å². The molecule has 3 nitrogen and oxygen atoms in total. The summed E-state index contributed by atoms with van der Waals surface area (Å²) in [5.74, 6) is 0.440. The first-order valence-electron chi connectivity index (χ1n) is 5.02. The van der Waals surface area contributed by atoms with Gasteiger partial charge < -0.3 is 4.74 Å². The van der Waals surface area contributed by atoms with Gasteiger partial charge in [0, 0.05) is 13.2 Å². The van der Waals surface area contributed by atoms with Crippen molar-refractivity contribution < 1.29 is 9.13 Å². The zero-order chi connectivity index (χ0) is 11.5. The molecule has 0 saturated carbocycles. The molecule has 1 heterocycles. The minimum atomic E-state index is -0.248. The smallest absolute Gasteiger partial charge is 0.132 e. The highest BCUT2D eigenvalue weighted by atomic mass is 19.1. The maximum atomic E-state index is 12.8. The third kappa shape index (κ3) is 2.39. The fourth-order valence-electron chi connectivity index (χ4n) is 1.47. The molecule has 0 spiro atoms. The molecule has 2 aromatic rings. The normalized spacial score (nSPS) is 10.4. The molecule has 0 bridgehead atoms. The Balaban J connectivity index is 2.04. The second kappa shape index (κ2) is 4.35. The van der Waals surface area contributed by atoms with Crippen LogP contribution in [0.1, 0.15) is 11.3 Å².